The first-order chi connectivity index (χ1) is 18.1. The molecule has 4 N–H and O–H groups in total. The molecule has 2 saturated heterocycles. The van der Waals surface area contributed by atoms with Gasteiger partial charge in [0.15, 0.2) is 0 Å². The fourth-order valence-electron chi connectivity index (χ4n) is 9.63. The maximum absolute atomic E-state index is 3.92. The third-order valence-corrected chi connectivity index (χ3v) is 12.5. The molecule has 4 bridgehead atoms. The fraction of sp³-hybridized carbons (Fsp3) is 0.677. The number of rotatable bonds is 5. The first-order valence-corrected chi connectivity index (χ1v) is 16.4. The van der Waals surface area contributed by atoms with Crippen molar-refractivity contribution in [1.82, 2.24) is 21.3 Å². The molecule has 0 aromatic heterocycles. The van der Waals surface area contributed by atoms with Gasteiger partial charge >= 0.3 is 0 Å². The quantitative estimate of drug-likeness (QED) is 0.393. The van der Waals surface area contributed by atoms with Gasteiger partial charge in [0.05, 0.1) is 17.5 Å². The van der Waals surface area contributed by atoms with E-state index in [4.69, 9.17) is 0 Å². The van der Waals surface area contributed by atoms with Crippen molar-refractivity contribution in [2.24, 2.45) is 29.1 Å². The Hall–Kier alpha value is -0.600. The van der Waals surface area contributed by atoms with Crippen molar-refractivity contribution in [3.8, 4) is 0 Å². The van der Waals surface area contributed by atoms with Gasteiger partial charge in [-0.15, -0.1) is 18.5 Å². The molecule has 6 aliphatic carbocycles. The van der Waals surface area contributed by atoms with Crippen LogP contribution >= 0.6 is 18.5 Å². The molecule has 0 aromatic rings. The van der Waals surface area contributed by atoms with Gasteiger partial charge < -0.3 is 21.3 Å². The minimum absolute atomic E-state index is 0.169. The number of hydrogen-bond donors (Lipinski definition) is 4. The summed E-state index contributed by atoms with van der Waals surface area (Å²) in [6, 6.07) is 0. The monoisotopic (exact) mass is 536 g/mol. The molecule has 6 heteroatoms. The number of nitrogens with one attached hydrogen (secondary N) is 4. The van der Waals surface area contributed by atoms with Gasteiger partial charge in [-0.25, -0.2) is 0 Å². The molecule has 0 spiro atoms. The third-order valence-electron chi connectivity index (χ3n) is 11.0. The van der Waals surface area contributed by atoms with Crippen LogP contribution in [0.2, 0.25) is 0 Å². The Morgan fingerprint density at radius 2 is 1.51 bits per heavy atom. The third kappa shape index (κ3) is 4.16. The van der Waals surface area contributed by atoms with Crippen LogP contribution in [0.3, 0.4) is 0 Å². The summed E-state index contributed by atoms with van der Waals surface area (Å²) in [7, 11) is 6.62. The van der Waals surface area contributed by atoms with Crippen molar-refractivity contribution in [2.45, 2.75) is 68.9 Å². The summed E-state index contributed by atoms with van der Waals surface area (Å²) in [6.45, 7) is 4.33. The maximum atomic E-state index is 3.92. The highest BCUT2D eigenvalue weighted by Gasteiger charge is 2.60. The summed E-state index contributed by atoms with van der Waals surface area (Å²) in [6.07, 6.45) is 26.8. The van der Waals surface area contributed by atoms with Crippen LogP contribution in [0.15, 0.2) is 58.7 Å². The SMILES string of the molecule is PCC1C2CC3CC(C2)CC1(C1=CC(=C2C=CC=CC2)C=C1C(P)(C1NCCCN1)C1NCCCN1)C3. The normalized spacial score (nSPS) is 40.4. The van der Waals surface area contributed by atoms with Crippen LogP contribution in [-0.2, 0) is 0 Å². The average molecular weight is 537 g/mol. The van der Waals surface area contributed by atoms with Gasteiger partial charge in [0.2, 0.25) is 0 Å². The highest BCUT2D eigenvalue weighted by atomic mass is 31.0. The van der Waals surface area contributed by atoms with E-state index in [2.05, 4.69) is 76.2 Å². The number of hydrogen-bond acceptors (Lipinski definition) is 4. The molecule has 0 radical (unpaired) electrons. The zero-order chi connectivity index (χ0) is 25.0. The zero-order valence-electron chi connectivity index (χ0n) is 22.3. The van der Waals surface area contributed by atoms with E-state index < -0.39 is 0 Å². The molecule has 5 atom stereocenters. The lowest BCUT2D eigenvalue weighted by molar-refractivity contribution is -0.0770. The lowest BCUT2D eigenvalue weighted by atomic mass is 9.43. The summed E-state index contributed by atoms with van der Waals surface area (Å²) >= 11 is 0. The van der Waals surface area contributed by atoms with Crippen molar-refractivity contribution in [3.63, 3.8) is 0 Å². The predicted molar refractivity (Wildman–Crippen MR) is 161 cm³/mol. The highest BCUT2D eigenvalue weighted by Crippen LogP contribution is 2.68. The van der Waals surface area contributed by atoms with E-state index in [1.165, 1.54) is 62.3 Å². The molecule has 8 rings (SSSR count). The van der Waals surface area contributed by atoms with Crippen LogP contribution in [0.1, 0.15) is 51.4 Å². The van der Waals surface area contributed by atoms with Crippen LogP contribution in [0, 0.1) is 29.1 Å². The van der Waals surface area contributed by atoms with Crippen LogP contribution in [0.5, 0.6) is 0 Å². The molecule has 4 saturated carbocycles. The van der Waals surface area contributed by atoms with Crippen LogP contribution < -0.4 is 21.3 Å². The minimum Gasteiger partial charge on any atom is -0.301 e. The van der Waals surface area contributed by atoms with E-state index in [-0.39, 0.29) is 17.5 Å². The lowest BCUT2D eigenvalue weighted by Gasteiger charge is -2.63. The highest BCUT2D eigenvalue weighted by molar-refractivity contribution is 7.19. The fourth-order valence-corrected chi connectivity index (χ4v) is 11.2. The second kappa shape index (κ2) is 10.1. The van der Waals surface area contributed by atoms with E-state index in [1.54, 1.807) is 11.1 Å². The van der Waals surface area contributed by atoms with E-state index in [1.807, 2.05) is 0 Å². The van der Waals surface area contributed by atoms with Crippen molar-refractivity contribution < 1.29 is 0 Å². The summed E-state index contributed by atoms with van der Waals surface area (Å²) in [4.78, 5) is 0. The molecule has 5 unspecified atom stereocenters. The van der Waals surface area contributed by atoms with Crippen molar-refractivity contribution >= 4 is 18.5 Å². The first kappa shape index (κ1) is 25.4. The van der Waals surface area contributed by atoms with Gasteiger partial charge in [-0.05, 0) is 135 Å². The Morgan fingerprint density at radius 3 is 2.08 bits per heavy atom. The van der Waals surface area contributed by atoms with Crippen molar-refractivity contribution in [2.75, 3.05) is 32.3 Å². The van der Waals surface area contributed by atoms with Crippen molar-refractivity contribution in [1.29, 1.82) is 0 Å². The van der Waals surface area contributed by atoms with Gasteiger partial charge in [-0.3, -0.25) is 0 Å². The second-order valence-electron chi connectivity index (χ2n) is 13.0. The lowest BCUT2D eigenvalue weighted by Crippen LogP contribution is -2.71. The van der Waals surface area contributed by atoms with Crippen LogP contribution in [0.25, 0.3) is 0 Å². The standard InChI is InChI=1S/C31H46N4P2/c36-19-27-24-13-20-12-21(14-24)18-30(27,17-20)25-15-23(22-6-2-1-3-7-22)16-26(25)31(37,28-32-8-4-9-33-28)29-34-10-5-11-35-29/h1-3,6,15-16,20-21,24,27-29,32-35H,4-5,7-14,17-19,36-37H2. The molecule has 37 heavy (non-hydrogen) atoms. The Bertz CT molecular complexity index is 1030. The molecule has 2 aliphatic heterocycles. The van der Waals surface area contributed by atoms with Crippen LogP contribution in [-0.4, -0.2) is 49.8 Å². The Morgan fingerprint density at radius 1 is 0.865 bits per heavy atom. The first-order valence-electron chi connectivity index (χ1n) is 15.1. The molecule has 0 amide bonds. The second-order valence-corrected chi connectivity index (χ2v) is 14.4. The topological polar surface area (TPSA) is 48.1 Å². The molecule has 8 aliphatic rings. The smallest absolute Gasteiger partial charge is 0.0735 e. The van der Waals surface area contributed by atoms with Gasteiger partial charge in [0.25, 0.3) is 0 Å². The minimum atomic E-state index is -0.169. The Kier molecular flexibility index (Phi) is 6.93. The molecule has 200 valence electrons. The largest absolute Gasteiger partial charge is 0.301 e. The molecule has 0 aromatic carbocycles. The van der Waals surface area contributed by atoms with Gasteiger partial charge in [0.1, 0.15) is 0 Å². The summed E-state index contributed by atoms with van der Waals surface area (Å²) < 4.78 is 0. The van der Waals surface area contributed by atoms with Gasteiger partial charge in [-0.1, -0.05) is 36.5 Å². The molecule has 4 nitrogen and oxygen atoms in total. The van der Waals surface area contributed by atoms with E-state index >= 15 is 0 Å². The van der Waals surface area contributed by atoms with E-state index in [0.717, 1.165) is 56.3 Å². The van der Waals surface area contributed by atoms with E-state index in [9.17, 15) is 0 Å². The van der Waals surface area contributed by atoms with Crippen molar-refractivity contribution in [3.05, 3.63) is 58.7 Å². The van der Waals surface area contributed by atoms with Gasteiger partial charge in [-0.2, -0.15) is 0 Å². The molecular formula is C31H46N4P2. The predicted octanol–water partition coefficient (Wildman–Crippen LogP) is 4.42. The number of allylic oxidation sites excluding steroid dienone is 9. The molecule has 2 heterocycles. The summed E-state index contributed by atoms with van der Waals surface area (Å²) in [5.74, 6) is 3.56. The summed E-state index contributed by atoms with van der Waals surface area (Å²) in [5.41, 5.74) is 6.53. The van der Waals surface area contributed by atoms with E-state index in [0.29, 0.717) is 5.41 Å². The summed E-state index contributed by atoms with van der Waals surface area (Å²) in [5, 5.41) is 15.5. The van der Waals surface area contributed by atoms with Gasteiger partial charge in [0, 0.05) is 0 Å². The molecule has 6 fully saturated rings. The van der Waals surface area contributed by atoms with Crippen LogP contribution in [0.4, 0.5) is 0 Å². The zero-order valence-corrected chi connectivity index (χ0v) is 24.6. The maximum Gasteiger partial charge on any atom is 0.0735 e. The Labute approximate surface area is 228 Å². The Balaban J connectivity index is 1.39. The molecular weight excluding hydrogens is 490 g/mol. The average Bonchev–Trinajstić information content (AvgIpc) is 3.41.